The molecular weight excluding hydrogens is 380 g/mol. The van der Waals surface area contributed by atoms with Crippen molar-refractivity contribution < 1.29 is 19.1 Å². The Balaban J connectivity index is 2.16. The number of esters is 1. The molecule has 0 bridgehead atoms. The Hall–Kier alpha value is -2.37. The number of nitrogens with one attached hydrogen (secondary N) is 1. The van der Waals surface area contributed by atoms with E-state index < -0.39 is 12.0 Å². The molecule has 1 N–H and O–H groups in total. The Labute approximate surface area is 180 Å². The number of amides is 2. The molecule has 1 aromatic rings. The third-order valence-corrected chi connectivity index (χ3v) is 5.92. The average molecular weight is 417 g/mol. The van der Waals surface area contributed by atoms with Gasteiger partial charge >= 0.3 is 5.97 Å². The Kier molecular flexibility index (Phi) is 9.34. The minimum absolute atomic E-state index is 0.0562. The van der Waals surface area contributed by atoms with Crippen LogP contribution in [0.3, 0.4) is 0 Å². The third kappa shape index (κ3) is 7.15. The topological polar surface area (TPSA) is 75.7 Å². The van der Waals surface area contributed by atoms with Crippen molar-refractivity contribution in [2.24, 2.45) is 11.8 Å². The minimum atomic E-state index is -0.746. The molecule has 6 heteroatoms. The fourth-order valence-electron chi connectivity index (χ4n) is 3.99. The molecule has 0 aliphatic heterocycles. The Morgan fingerprint density at radius 3 is 2.37 bits per heavy atom. The second-order valence-corrected chi connectivity index (χ2v) is 8.84. The number of rotatable bonds is 11. The van der Waals surface area contributed by atoms with Crippen molar-refractivity contribution >= 4 is 18.3 Å². The Morgan fingerprint density at radius 1 is 1.17 bits per heavy atom. The molecule has 1 aliphatic carbocycles. The van der Waals surface area contributed by atoms with E-state index in [-0.39, 0.29) is 29.9 Å². The molecule has 2 amide bonds. The first-order valence-corrected chi connectivity index (χ1v) is 11.0. The molecule has 1 unspecified atom stereocenters. The van der Waals surface area contributed by atoms with E-state index in [0.29, 0.717) is 12.8 Å². The zero-order valence-corrected chi connectivity index (χ0v) is 18.7. The zero-order chi connectivity index (χ0) is 22.1. The van der Waals surface area contributed by atoms with Crippen LogP contribution in [0.5, 0.6) is 0 Å². The van der Waals surface area contributed by atoms with E-state index in [1.165, 1.54) is 4.90 Å². The number of hydrogen-bond acceptors (Lipinski definition) is 4. The van der Waals surface area contributed by atoms with Gasteiger partial charge in [-0.3, -0.25) is 9.59 Å². The van der Waals surface area contributed by atoms with Gasteiger partial charge in [0.15, 0.2) is 0 Å². The SMILES string of the molecule is CC(C)C[C@@H](C(=O)N[C@@H](Cc1ccccc1)C(=O)OC1CCCC1)C(C)N(C)C=O. The van der Waals surface area contributed by atoms with Gasteiger partial charge in [0, 0.05) is 19.5 Å². The van der Waals surface area contributed by atoms with Gasteiger partial charge in [-0.2, -0.15) is 0 Å². The van der Waals surface area contributed by atoms with Gasteiger partial charge in [-0.1, -0.05) is 44.2 Å². The fraction of sp³-hybridized carbons (Fsp3) is 0.625. The van der Waals surface area contributed by atoms with E-state index in [0.717, 1.165) is 37.7 Å². The van der Waals surface area contributed by atoms with Crippen LogP contribution >= 0.6 is 0 Å². The fourth-order valence-corrected chi connectivity index (χ4v) is 3.99. The van der Waals surface area contributed by atoms with Crippen LogP contribution in [0.1, 0.15) is 58.4 Å². The highest BCUT2D eigenvalue weighted by Crippen LogP contribution is 2.23. The van der Waals surface area contributed by atoms with Crippen molar-refractivity contribution in [3.05, 3.63) is 35.9 Å². The summed E-state index contributed by atoms with van der Waals surface area (Å²) >= 11 is 0. The molecule has 0 heterocycles. The van der Waals surface area contributed by atoms with E-state index in [2.05, 4.69) is 5.32 Å². The van der Waals surface area contributed by atoms with Crippen LogP contribution in [-0.2, 0) is 25.5 Å². The van der Waals surface area contributed by atoms with Crippen molar-refractivity contribution in [1.82, 2.24) is 10.2 Å². The number of carbonyl (C=O) groups excluding carboxylic acids is 3. The van der Waals surface area contributed by atoms with E-state index in [1.807, 2.05) is 51.1 Å². The monoisotopic (exact) mass is 416 g/mol. The van der Waals surface area contributed by atoms with Crippen LogP contribution in [0, 0.1) is 11.8 Å². The zero-order valence-electron chi connectivity index (χ0n) is 18.7. The maximum atomic E-state index is 13.2. The summed E-state index contributed by atoms with van der Waals surface area (Å²) in [6.45, 7) is 5.96. The maximum absolute atomic E-state index is 13.2. The summed E-state index contributed by atoms with van der Waals surface area (Å²) in [4.78, 5) is 38.9. The molecular formula is C24H36N2O4. The molecule has 1 aliphatic rings. The summed E-state index contributed by atoms with van der Waals surface area (Å²) in [5.74, 6) is -0.716. The second kappa shape index (κ2) is 11.7. The van der Waals surface area contributed by atoms with E-state index in [1.54, 1.807) is 7.05 Å². The van der Waals surface area contributed by atoms with Crippen LogP contribution in [0.4, 0.5) is 0 Å². The number of hydrogen-bond donors (Lipinski definition) is 1. The highest BCUT2D eigenvalue weighted by molar-refractivity contribution is 5.86. The van der Waals surface area contributed by atoms with Gasteiger partial charge in [0.2, 0.25) is 12.3 Å². The molecule has 3 atom stereocenters. The maximum Gasteiger partial charge on any atom is 0.329 e. The standard InChI is InChI=1S/C24H36N2O4/c1-17(2)14-21(18(3)26(4)16-27)23(28)25-22(15-19-10-6-5-7-11-19)24(29)30-20-12-8-9-13-20/h5-7,10-11,16-18,20-22H,8-9,12-15H2,1-4H3,(H,25,28)/t18?,21-,22+/m1/s1. The van der Waals surface area contributed by atoms with E-state index >= 15 is 0 Å². The minimum Gasteiger partial charge on any atom is -0.461 e. The molecule has 166 valence electrons. The largest absolute Gasteiger partial charge is 0.461 e. The molecule has 30 heavy (non-hydrogen) atoms. The molecule has 1 saturated carbocycles. The molecule has 6 nitrogen and oxygen atoms in total. The van der Waals surface area contributed by atoms with Gasteiger partial charge in [0.05, 0.1) is 5.92 Å². The lowest BCUT2D eigenvalue weighted by Crippen LogP contribution is -2.50. The summed E-state index contributed by atoms with van der Waals surface area (Å²) in [6.07, 6.45) is 5.59. The lowest BCUT2D eigenvalue weighted by molar-refractivity contribution is -0.153. The Bertz CT molecular complexity index is 686. The first kappa shape index (κ1) is 23.9. The van der Waals surface area contributed by atoms with Crippen LogP contribution in [-0.4, -0.2) is 48.4 Å². The number of carbonyl (C=O) groups is 3. The third-order valence-electron chi connectivity index (χ3n) is 5.92. The highest BCUT2D eigenvalue weighted by Gasteiger charge is 2.33. The first-order valence-electron chi connectivity index (χ1n) is 11.0. The van der Waals surface area contributed by atoms with Crippen LogP contribution < -0.4 is 5.32 Å². The predicted octanol–water partition coefficient (Wildman–Crippen LogP) is 3.34. The Morgan fingerprint density at radius 2 is 1.80 bits per heavy atom. The molecule has 1 aromatic carbocycles. The quantitative estimate of drug-likeness (QED) is 0.443. The van der Waals surface area contributed by atoms with Crippen molar-refractivity contribution in [3.8, 4) is 0 Å². The average Bonchev–Trinajstić information content (AvgIpc) is 3.23. The number of ether oxygens (including phenoxy) is 1. The van der Waals surface area contributed by atoms with Gasteiger partial charge < -0.3 is 15.0 Å². The van der Waals surface area contributed by atoms with Crippen molar-refractivity contribution in [3.63, 3.8) is 0 Å². The van der Waals surface area contributed by atoms with Crippen molar-refractivity contribution in [1.29, 1.82) is 0 Å². The summed E-state index contributed by atoms with van der Waals surface area (Å²) in [5, 5.41) is 2.95. The van der Waals surface area contributed by atoms with Crippen molar-refractivity contribution in [2.75, 3.05) is 7.05 Å². The van der Waals surface area contributed by atoms with Crippen LogP contribution in [0.2, 0.25) is 0 Å². The van der Waals surface area contributed by atoms with Gasteiger partial charge in [-0.05, 0) is 50.5 Å². The molecule has 0 saturated heterocycles. The summed E-state index contributed by atoms with van der Waals surface area (Å²) < 4.78 is 5.72. The van der Waals surface area contributed by atoms with E-state index in [4.69, 9.17) is 4.74 Å². The number of nitrogens with zero attached hydrogens (tertiary/aromatic N) is 1. The molecule has 0 radical (unpaired) electrons. The lowest BCUT2D eigenvalue weighted by atomic mass is 9.89. The molecule has 0 spiro atoms. The van der Waals surface area contributed by atoms with Crippen LogP contribution in [0.15, 0.2) is 30.3 Å². The van der Waals surface area contributed by atoms with Crippen LogP contribution in [0.25, 0.3) is 0 Å². The predicted molar refractivity (Wildman–Crippen MR) is 117 cm³/mol. The van der Waals surface area contributed by atoms with Gasteiger partial charge in [0.25, 0.3) is 0 Å². The second-order valence-electron chi connectivity index (χ2n) is 8.84. The van der Waals surface area contributed by atoms with Gasteiger partial charge in [-0.15, -0.1) is 0 Å². The van der Waals surface area contributed by atoms with Gasteiger partial charge in [0.1, 0.15) is 12.1 Å². The smallest absolute Gasteiger partial charge is 0.329 e. The van der Waals surface area contributed by atoms with E-state index in [9.17, 15) is 14.4 Å². The molecule has 1 fully saturated rings. The first-order chi connectivity index (χ1) is 14.3. The summed E-state index contributed by atoms with van der Waals surface area (Å²) in [6, 6.07) is 8.62. The number of benzene rings is 1. The summed E-state index contributed by atoms with van der Waals surface area (Å²) in [7, 11) is 1.67. The molecule has 0 aromatic heterocycles. The highest BCUT2D eigenvalue weighted by atomic mass is 16.5. The molecule has 2 rings (SSSR count). The summed E-state index contributed by atoms with van der Waals surface area (Å²) in [5.41, 5.74) is 0.963. The van der Waals surface area contributed by atoms with Gasteiger partial charge in [-0.25, -0.2) is 4.79 Å². The lowest BCUT2D eigenvalue weighted by Gasteiger charge is -2.31. The normalized spacial score (nSPS) is 17.2. The van der Waals surface area contributed by atoms with Crippen molar-refractivity contribution in [2.45, 2.75) is 77.5 Å².